The molecule has 0 bridgehead atoms. The highest BCUT2D eigenvalue weighted by atomic mass is 79.9. The fourth-order valence-electron chi connectivity index (χ4n) is 2.29. The molecule has 0 aliphatic carbocycles. The molecule has 0 fully saturated rings. The van der Waals surface area contributed by atoms with Gasteiger partial charge in [-0.05, 0) is 70.9 Å². The maximum absolute atomic E-state index is 12.1. The third kappa shape index (κ3) is 5.59. The summed E-state index contributed by atoms with van der Waals surface area (Å²) in [4.78, 5) is 23.7. The molecule has 0 unspecified atom stereocenters. The maximum atomic E-state index is 12.1. The van der Waals surface area contributed by atoms with Crippen molar-refractivity contribution in [2.24, 2.45) is 0 Å². The van der Waals surface area contributed by atoms with Crippen molar-refractivity contribution >= 4 is 39.6 Å². The number of anilines is 1. The van der Waals surface area contributed by atoms with Crippen LogP contribution in [0.25, 0.3) is 6.08 Å². The summed E-state index contributed by atoms with van der Waals surface area (Å²) < 4.78 is 16.2. The van der Waals surface area contributed by atoms with Crippen molar-refractivity contribution in [3.63, 3.8) is 0 Å². The molecule has 0 radical (unpaired) electrons. The van der Waals surface area contributed by atoms with Crippen LogP contribution in [-0.4, -0.2) is 32.7 Å². The summed E-state index contributed by atoms with van der Waals surface area (Å²) in [7, 11) is 3.10. The van der Waals surface area contributed by atoms with Gasteiger partial charge in [0, 0.05) is 11.8 Å². The zero-order chi connectivity index (χ0) is 19.8. The molecule has 0 saturated heterocycles. The first-order valence-corrected chi connectivity index (χ1v) is 8.95. The summed E-state index contributed by atoms with van der Waals surface area (Å²) in [6.45, 7) is 2.06. The summed E-state index contributed by atoms with van der Waals surface area (Å²) in [5.41, 5.74) is 1.78. The fourth-order valence-corrected chi connectivity index (χ4v) is 2.92. The molecule has 0 spiro atoms. The van der Waals surface area contributed by atoms with Crippen LogP contribution >= 0.6 is 15.9 Å². The van der Waals surface area contributed by atoms with Crippen molar-refractivity contribution in [2.75, 3.05) is 26.1 Å². The standard InChI is InChI=1S/C20H20BrNO5/c1-4-27-20(24)14-6-8-15(9-7-14)22-18(23)10-5-13-11-16(21)19(26-3)17(12-13)25-2/h5-12H,4H2,1-3H3,(H,22,23). The van der Waals surface area contributed by atoms with E-state index in [1.54, 1.807) is 57.6 Å². The number of halogens is 1. The normalized spacial score (nSPS) is 10.5. The second kappa shape index (κ2) is 9.78. The molecule has 2 aromatic carbocycles. The number of methoxy groups -OCH3 is 2. The van der Waals surface area contributed by atoms with Gasteiger partial charge in [0.15, 0.2) is 11.5 Å². The van der Waals surface area contributed by atoms with Crippen molar-refractivity contribution in [3.8, 4) is 11.5 Å². The van der Waals surface area contributed by atoms with E-state index in [1.165, 1.54) is 6.08 Å². The molecule has 1 N–H and O–H groups in total. The maximum Gasteiger partial charge on any atom is 0.338 e. The number of rotatable bonds is 7. The average Bonchev–Trinajstić information content (AvgIpc) is 2.66. The first-order chi connectivity index (χ1) is 13.0. The summed E-state index contributed by atoms with van der Waals surface area (Å²) in [5, 5.41) is 2.73. The third-order valence-electron chi connectivity index (χ3n) is 3.55. The van der Waals surface area contributed by atoms with Crippen LogP contribution in [0.3, 0.4) is 0 Å². The zero-order valence-electron chi connectivity index (χ0n) is 15.2. The van der Waals surface area contributed by atoms with Crippen molar-refractivity contribution in [1.29, 1.82) is 0 Å². The smallest absolute Gasteiger partial charge is 0.338 e. The highest BCUT2D eigenvalue weighted by Gasteiger charge is 2.10. The summed E-state index contributed by atoms with van der Waals surface area (Å²) in [6.07, 6.45) is 3.07. The molecule has 6 nitrogen and oxygen atoms in total. The highest BCUT2D eigenvalue weighted by molar-refractivity contribution is 9.10. The molecule has 27 heavy (non-hydrogen) atoms. The monoisotopic (exact) mass is 433 g/mol. The Balaban J connectivity index is 2.05. The van der Waals surface area contributed by atoms with Crippen LogP contribution in [-0.2, 0) is 9.53 Å². The minimum Gasteiger partial charge on any atom is -0.493 e. The number of carbonyl (C=O) groups is 2. The van der Waals surface area contributed by atoms with Crippen molar-refractivity contribution in [3.05, 3.63) is 58.1 Å². The molecule has 1 amide bonds. The van der Waals surface area contributed by atoms with Gasteiger partial charge in [0.05, 0.1) is 30.9 Å². The van der Waals surface area contributed by atoms with E-state index in [-0.39, 0.29) is 5.91 Å². The Bertz CT molecular complexity index is 846. The summed E-state index contributed by atoms with van der Waals surface area (Å²) in [6, 6.07) is 10.1. The van der Waals surface area contributed by atoms with Gasteiger partial charge in [-0.25, -0.2) is 4.79 Å². The Kier molecular flexibility index (Phi) is 7.43. The number of hydrogen-bond acceptors (Lipinski definition) is 5. The van der Waals surface area contributed by atoms with E-state index < -0.39 is 5.97 Å². The van der Waals surface area contributed by atoms with Crippen molar-refractivity contribution in [2.45, 2.75) is 6.92 Å². The van der Waals surface area contributed by atoms with Crippen LogP contribution in [0.1, 0.15) is 22.8 Å². The zero-order valence-corrected chi connectivity index (χ0v) is 16.8. The molecule has 0 aromatic heterocycles. The Morgan fingerprint density at radius 2 is 1.81 bits per heavy atom. The molecule has 0 saturated carbocycles. The van der Waals surface area contributed by atoms with Crippen LogP contribution in [0.4, 0.5) is 5.69 Å². The molecule has 2 aromatic rings. The first-order valence-electron chi connectivity index (χ1n) is 8.16. The molecular formula is C20H20BrNO5. The van der Waals surface area contributed by atoms with E-state index in [4.69, 9.17) is 14.2 Å². The van der Waals surface area contributed by atoms with Gasteiger partial charge in [-0.1, -0.05) is 0 Å². The Morgan fingerprint density at radius 1 is 1.11 bits per heavy atom. The van der Waals surface area contributed by atoms with Gasteiger partial charge in [0.1, 0.15) is 0 Å². The molecule has 2 rings (SSSR count). The van der Waals surface area contributed by atoms with E-state index >= 15 is 0 Å². The molecule has 142 valence electrons. The van der Waals surface area contributed by atoms with Gasteiger partial charge < -0.3 is 19.5 Å². The number of hydrogen-bond donors (Lipinski definition) is 1. The topological polar surface area (TPSA) is 73.9 Å². The summed E-state index contributed by atoms with van der Waals surface area (Å²) in [5.74, 6) is 0.446. The first kappa shape index (κ1) is 20.5. The van der Waals surface area contributed by atoms with Gasteiger partial charge >= 0.3 is 5.97 Å². The average molecular weight is 434 g/mol. The predicted octanol–water partition coefficient (Wildman–Crippen LogP) is 4.29. The molecule has 0 heterocycles. The van der Waals surface area contributed by atoms with Gasteiger partial charge in [-0.3, -0.25) is 4.79 Å². The van der Waals surface area contributed by atoms with Gasteiger partial charge in [-0.15, -0.1) is 0 Å². The van der Waals surface area contributed by atoms with E-state index in [2.05, 4.69) is 21.2 Å². The molecule has 0 aliphatic heterocycles. The lowest BCUT2D eigenvalue weighted by molar-refractivity contribution is -0.111. The van der Waals surface area contributed by atoms with E-state index in [9.17, 15) is 9.59 Å². The molecule has 7 heteroatoms. The quantitative estimate of drug-likeness (QED) is 0.520. The molecule has 0 aliphatic rings. The largest absolute Gasteiger partial charge is 0.493 e. The predicted molar refractivity (Wildman–Crippen MR) is 107 cm³/mol. The minimum atomic E-state index is -0.394. The number of nitrogens with one attached hydrogen (secondary N) is 1. The van der Waals surface area contributed by atoms with E-state index in [1.807, 2.05) is 6.07 Å². The second-order valence-corrected chi connectivity index (χ2v) is 6.21. The Labute approximate surface area is 166 Å². The third-order valence-corrected chi connectivity index (χ3v) is 4.14. The number of ether oxygens (including phenoxy) is 3. The molecule has 0 atom stereocenters. The van der Waals surface area contributed by atoms with Crippen LogP contribution in [0.5, 0.6) is 11.5 Å². The van der Waals surface area contributed by atoms with E-state index in [0.717, 1.165) is 10.0 Å². The van der Waals surface area contributed by atoms with Crippen LogP contribution in [0, 0.1) is 0 Å². The molecular weight excluding hydrogens is 414 g/mol. The number of esters is 1. The van der Waals surface area contributed by atoms with Crippen LogP contribution < -0.4 is 14.8 Å². The number of amides is 1. The minimum absolute atomic E-state index is 0.301. The second-order valence-electron chi connectivity index (χ2n) is 5.36. The summed E-state index contributed by atoms with van der Waals surface area (Å²) >= 11 is 3.41. The lowest BCUT2D eigenvalue weighted by Crippen LogP contribution is -2.08. The van der Waals surface area contributed by atoms with Crippen LogP contribution in [0.15, 0.2) is 46.9 Å². The van der Waals surface area contributed by atoms with Gasteiger partial charge in [0.2, 0.25) is 5.91 Å². The van der Waals surface area contributed by atoms with Gasteiger partial charge in [-0.2, -0.15) is 0 Å². The van der Waals surface area contributed by atoms with Crippen LogP contribution in [0.2, 0.25) is 0 Å². The van der Waals surface area contributed by atoms with E-state index in [0.29, 0.717) is 29.4 Å². The number of carbonyl (C=O) groups excluding carboxylic acids is 2. The Morgan fingerprint density at radius 3 is 2.41 bits per heavy atom. The lowest BCUT2D eigenvalue weighted by atomic mass is 10.2. The van der Waals surface area contributed by atoms with Gasteiger partial charge in [0.25, 0.3) is 0 Å². The highest BCUT2D eigenvalue weighted by Crippen LogP contribution is 2.36. The Hall–Kier alpha value is -2.80. The lowest BCUT2D eigenvalue weighted by Gasteiger charge is -2.10. The fraction of sp³-hybridized carbons (Fsp3) is 0.200. The SMILES string of the molecule is CCOC(=O)c1ccc(NC(=O)C=Cc2cc(Br)c(OC)c(OC)c2)cc1. The number of benzene rings is 2. The van der Waals surface area contributed by atoms with Crippen molar-refractivity contribution in [1.82, 2.24) is 0 Å². The van der Waals surface area contributed by atoms with Crippen molar-refractivity contribution < 1.29 is 23.8 Å².